The van der Waals surface area contributed by atoms with Crippen LogP contribution in [-0.4, -0.2) is 12.3 Å². The van der Waals surface area contributed by atoms with Gasteiger partial charge in [0.15, 0.2) is 0 Å². The minimum atomic E-state index is 0.572. The third kappa shape index (κ3) is 3.79. The van der Waals surface area contributed by atoms with Crippen LogP contribution in [0.15, 0.2) is 5.16 Å². The van der Waals surface area contributed by atoms with Crippen LogP contribution < -0.4 is 0 Å². The zero-order valence-corrected chi connectivity index (χ0v) is 9.05. The van der Waals surface area contributed by atoms with Gasteiger partial charge >= 0.3 is 0 Å². The highest BCUT2D eigenvalue weighted by Gasteiger charge is 2.16. The summed E-state index contributed by atoms with van der Waals surface area (Å²) in [7, 11) is 0. The van der Waals surface area contributed by atoms with Crippen LogP contribution in [0.1, 0.15) is 46.5 Å². The molecule has 1 saturated carbocycles. The highest BCUT2D eigenvalue weighted by molar-refractivity contribution is 5.86. The predicted molar refractivity (Wildman–Crippen MR) is 55.9 cm³/mol. The SMILES string of the molecule is CC(C)CO/N=C1/CCCC[C@@H]1C. The molecule has 1 aliphatic rings. The first-order valence-corrected chi connectivity index (χ1v) is 5.39. The van der Waals surface area contributed by atoms with Crippen LogP contribution in [0.3, 0.4) is 0 Å². The second kappa shape index (κ2) is 5.25. The summed E-state index contributed by atoms with van der Waals surface area (Å²) in [6, 6.07) is 0. The van der Waals surface area contributed by atoms with Gasteiger partial charge in [0.25, 0.3) is 0 Å². The van der Waals surface area contributed by atoms with Gasteiger partial charge in [-0.15, -0.1) is 0 Å². The van der Waals surface area contributed by atoms with Crippen LogP contribution in [0.2, 0.25) is 0 Å². The van der Waals surface area contributed by atoms with Crippen LogP contribution in [-0.2, 0) is 4.84 Å². The van der Waals surface area contributed by atoms with Crippen molar-refractivity contribution in [1.29, 1.82) is 0 Å². The Balaban J connectivity index is 2.31. The fourth-order valence-electron chi connectivity index (χ4n) is 1.57. The lowest BCUT2D eigenvalue weighted by atomic mass is 9.89. The van der Waals surface area contributed by atoms with Crippen molar-refractivity contribution in [2.45, 2.75) is 46.5 Å². The van der Waals surface area contributed by atoms with E-state index >= 15 is 0 Å². The molecule has 2 nitrogen and oxygen atoms in total. The first kappa shape index (κ1) is 10.6. The van der Waals surface area contributed by atoms with Crippen molar-refractivity contribution in [1.82, 2.24) is 0 Å². The van der Waals surface area contributed by atoms with Gasteiger partial charge < -0.3 is 4.84 Å². The summed E-state index contributed by atoms with van der Waals surface area (Å²) < 4.78 is 0. The van der Waals surface area contributed by atoms with Crippen LogP contribution in [0.25, 0.3) is 0 Å². The van der Waals surface area contributed by atoms with Gasteiger partial charge in [0.1, 0.15) is 6.61 Å². The molecule has 0 aromatic carbocycles. The third-order valence-electron chi connectivity index (χ3n) is 2.48. The highest BCUT2D eigenvalue weighted by Crippen LogP contribution is 2.21. The molecule has 0 bridgehead atoms. The molecule has 0 spiro atoms. The van der Waals surface area contributed by atoms with E-state index in [0.717, 1.165) is 13.0 Å². The number of rotatable bonds is 3. The molecule has 13 heavy (non-hydrogen) atoms. The lowest BCUT2D eigenvalue weighted by Gasteiger charge is -2.19. The fraction of sp³-hybridized carbons (Fsp3) is 0.909. The largest absolute Gasteiger partial charge is 0.396 e. The van der Waals surface area contributed by atoms with E-state index in [2.05, 4.69) is 25.9 Å². The van der Waals surface area contributed by atoms with E-state index in [4.69, 9.17) is 4.84 Å². The third-order valence-corrected chi connectivity index (χ3v) is 2.48. The Morgan fingerprint density at radius 2 is 2.23 bits per heavy atom. The molecule has 1 atom stereocenters. The van der Waals surface area contributed by atoms with Crippen molar-refractivity contribution >= 4 is 5.71 Å². The highest BCUT2D eigenvalue weighted by atomic mass is 16.6. The van der Waals surface area contributed by atoms with Gasteiger partial charge in [0.05, 0.1) is 5.71 Å². The Morgan fingerprint density at radius 1 is 1.46 bits per heavy atom. The Morgan fingerprint density at radius 3 is 2.85 bits per heavy atom. The molecular weight excluding hydrogens is 162 g/mol. The van der Waals surface area contributed by atoms with E-state index in [9.17, 15) is 0 Å². The summed E-state index contributed by atoms with van der Waals surface area (Å²) in [5, 5.41) is 4.22. The number of nitrogens with zero attached hydrogens (tertiary/aromatic N) is 1. The molecule has 0 unspecified atom stereocenters. The molecule has 2 heteroatoms. The average molecular weight is 183 g/mol. The predicted octanol–water partition coefficient (Wildman–Crippen LogP) is 3.23. The molecule has 0 amide bonds. The van der Waals surface area contributed by atoms with Gasteiger partial charge in [-0.1, -0.05) is 32.3 Å². The molecule has 0 aliphatic heterocycles. The zero-order chi connectivity index (χ0) is 9.68. The van der Waals surface area contributed by atoms with Crippen molar-refractivity contribution < 1.29 is 4.84 Å². The fourth-order valence-corrected chi connectivity index (χ4v) is 1.57. The van der Waals surface area contributed by atoms with Gasteiger partial charge in [-0.05, 0) is 31.1 Å². The first-order valence-electron chi connectivity index (χ1n) is 5.39. The van der Waals surface area contributed by atoms with Gasteiger partial charge in [-0.3, -0.25) is 0 Å². The van der Waals surface area contributed by atoms with Gasteiger partial charge in [0, 0.05) is 0 Å². The number of hydrogen-bond donors (Lipinski definition) is 0. The Hall–Kier alpha value is -0.530. The van der Waals surface area contributed by atoms with E-state index in [0.29, 0.717) is 11.8 Å². The van der Waals surface area contributed by atoms with E-state index in [1.807, 2.05) is 0 Å². The summed E-state index contributed by atoms with van der Waals surface area (Å²) in [6.45, 7) is 7.28. The summed E-state index contributed by atoms with van der Waals surface area (Å²) in [4.78, 5) is 5.29. The quantitative estimate of drug-likeness (QED) is 0.616. The molecule has 0 radical (unpaired) electrons. The smallest absolute Gasteiger partial charge is 0.119 e. The van der Waals surface area contributed by atoms with Crippen LogP contribution >= 0.6 is 0 Å². The maximum absolute atomic E-state index is 5.29. The van der Waals surface area contributed by atoms with E-state index < -0.39 is 0 Å². The van der Waals surface area contributed by atoms with Crippen molar-refractivity contribution in [2.75, 3.05) is 6.61 Å². The molecule has 0 N–H and O–H groups in total. The number of oxime groups is 1. The minimum absolute atomic E-state index is 0.572. The maximum Gasteiger partial charge on any atom is 0.119 e. The van der Waals surface area contributed by atoms with Crippen LogP contribution in [0.5, 0.6) is 0 Å². The zero-order valence-electron chi connectivity index (χ0n) is 9.05. The second-order valence-corrected chi connectivity index (χ2v) is 4.42. The Labute approximate surface area is 81.3 Å². The normalized spacial score (nSPS) is 26.8. The number of hydrogen-bond acceptors (Lipinski definition) is 2. The summed E-state index contributed by atoms with van der Waals surface area (Å²) in [6.07, 6.45) is 5.06. The van der Waals surface area contributed by atoms with Crippen molar-refractivity contribution in [3.8, 4) is 0 Å². The average Bonchev–Trinajstić information content (AvgIpc) is 2.08. The molecule has 0 heterocycles. The standard InChI is InChI=1S/C11H21NO/c1-9(2)8-13-12-11-7-5-4-6-10(11)3/h9-10H,4-8H2,1-3H3/b12-11-/t10-/m0/s1. The molecular formula is C11H21NO. The van der Waals surface area contributed by atoms with Gasteiger partial charge in [0.2, 0.25) is 0 Å². The molecule has 0 aromatic rings. The Bertz CT molecular complexity index is 175. The first-order chi connectivity index (χ1) is 6.20. The molecule has 76 valence electrons. The molecule has 1 aliphatic carbocycles. The summed E-state index contributed by atoms with van der Waals surface area (Å²) in [5.74, 6) is 1.21. The Kier molecular flexibility index (Phi) is 4.26. The van der Waals surface area contributed by atoms with Crippen molar-refractivity contribution in [2.24, 2.45) is 17.0 Å². The van der Waals surface area contributed by atoms with Crippen LogP contribution in [0.4, 0.5) is 0 Å². The topological polar surface area (TPSA) is 21.6 Å². The van der Waals surface area contributed by atoms with Crippen LogP contribution in [0, 0.1) is 11.8 Å². The second-order valence-electron chi connectivity index (χ2n) is 4.42. The monoisotopic (exact) mass is 183 g/mol. The van der Waals surface area contributed by atoms with Gasteiger partial charge in [-0.2, -0.15) is 0 Å². The molecule has 1 fully saturated rings. The lowest BCUT2D eigenvalue weighted by Crippen LogP contribution is -2.16. The molecule has 0 saturated heterocycles. The van der Waals surface area contributed by atoms with E-state index in [-0.39, 0.29) is 0 Å². The minimum Gasteiger partial charge on any atom is -0.396 e. The van der Waals surface area contributed by atoms with E-state index in [1.54, 1.807) is 0 Å². The summed E-state index contributed by atoms with van der Waals surface area (Å²) >= 11 is 0. The lowest BCUT2D eigenvalue weighted by molar-refractivity contribution is 0.116. The maximum atomic E-state index is 5.29. The van der Waals surface area contributed by atoms with Crippen molar-refractivity contribution in [3.63, 3.8) is 0 Å². The molecule has 1 rings (SSSR count). The van der Waals surface area contributed by atoms with E-state index in [1.165, 1.54) is 25.0 Å². The summed E-state index contributed by atoms with van der Waals surface area (Å²) in [5.41, 5.74) is 1.27. The van der Waals surface area contributed by atoms with Gasteiger partial charge in [-0.25, -0.2) is 0 Å². The van der Waals surface area contributed by atoms with Crippen molar-refractivity contribution in [3.05, 3.63) is 0 Å². The molecule has 0 aromatic heterocycles.